The van der Waals surface area contributed by atoms with E-state index < -0.39 is 0 Å². The average Bonchev–Trinajstić information content (AvgIpc) is 2.28. The minimum Gasteiger partial charge on any atom is -0.489 e. The van der Waals surface area contributed by atoms with Crippen LogP contribution in [-0.2, 0) is 6.42 Å². The number of rotatable bonds is 7. The van der Waals surface area contributed by atoms with Gasteiger partial charge in [-0.2, -0.15) is 11.8 Å². The van der Waals surface area contributed by atoms with Crippen molar-refractivity contribution < 1.29 is 9.13 Å². The van der Waals surface area contributed by atoms with Crippen LogP contribution in [0.25, 0.3) is 0 Å². The maximum absolute atomic E-state index is 13.5. The van der Waals surface area contributed by atoms with Gasteiger partial charge in [-0.05, 0) is 30.3 Å². The molecule has 0 unspecified atom stereocenters. The number of hydrogen-bond donors (Lipinski definition) is 1. The van der Waals surface area contributed by atoms with Crippen LogP contribution in [0.15, 0.2) is 18.2 Å². The molecule has 4 heteroatoms. The minimum atomic E-state index is -0.299. The molecule has 2 N–H and O–H groups in total. The first kappa shape index (κ1) is 13.3. The number of para-hydroxylation sites is 1. The van der Waals surface area contributed by atoms with Crippen LogP contribution in [0.4, 0.5) is 4.39 Å². The van der Waals surface area contributed by atoms with Gasteiger partial charge in [0.05, 0.1) is 6.61 Å². The Hall–Kier alpha value is -0.740. The quantitative estimate of drug-likeness (QED) is 0.747. The van der Waals surface area contributed by atoms with E-state index in [1.165, 1.54) is 6.07 Å². The Morgan fingerprint density at radius 2 is 2.25 bits per heavy atom. The highest BCUT2D eigenvalue weighted by Crippen LogP contribution is 2.23. The molecule has 0 saturated heterocycles. The zero-order chi connectivity index (χ0) is 11.8. The van der Waals surface area contributed by atoms with Crippen molar-refractivity contribution >= 4 is 11.8 Å². The van der Waals surface area contributed by atoms with Crippen LogP contribution in [0, 0.1) is 5.82 Å². The third-order valence-electron chi connectivity index (χ3n) is 2.14. The number of halogens is 1. The molecule has 16 heavy (non-hydrogen) atoms. The second-order valence-corrected chi connectivity index (χ2v) is 4.71. The van der Waals surface area contributed by atoms with E-state index in [-0.39, 0.29) is 5.82 Å². The van der Waals surface area contributed by atoms with E-state index >= 15 is 0 Å². The van der Waals surface area contributed by atoms with Gasteiger partial charge in [0.15, 0.2) is 11.6 Å². The van der Waals surface area contributed by atoms with Crippen molar-refractivity contribution in [3.05, 3.63) is 29.6 Å². The van der Waals surface area contributed by atoms with E-state index in [0.717, 1.165) is 17.1 Å². The highest BCUT2D eigenvalue weighted by molar-refractivity contribution is 7.99. The molecule has 0 amide bonds. The predicted molar refractivity (Wildman–Crippen MR) is 67.7 cm³/mol. The second kappa shape index (κ2) is 7.52. The average molecular weight is 243 g/mol. The molecule has 0 radical (unpaired) electrons. The van der Waals surface area contributed by atoms with Crippen molar-refractivity contribution in [3.8, 4) is 5.75 Å². The van der Waals surface area contributed by atoms with Gasteiger partial charge in [-0.3, -0.25) is 0 Å². The lowest BCUT2D eigenvalue weighted by molar-refractivity contribution is 0.321. The highest BCUT2D eigenvalue weighted by atomic mass is 32.2. The number of nitrogens with two attached hydrogens (primary N) is 1. The van der Waals surface area contributed by atoms with Crippen LogP contribution in [0.1, 0.15) is 12.5 Å². The molecule has 0 aromatic heterocycles. The maximum atomic E-state index is 13.5. The summed E-state index contributed by atoms with van der Waals surface area (Å²) in [5.41, 5.74) is 6.32. The fourth-order valence-electron chi connectivity index (χ4n) is 1.41. The minimum absolute atomic E-state index is 0.299. The summed E-state index contributed by atoms with van der Waals surface area (Å²) in [6.45, 7) is 3.13. The Balaban J connectivity index is 2.61. The normalized spacial score (nSPS) is 10.4. The molecule has 1 rings (SSSR count). The molecule has 0 aliphatic rings. The van der Waals surface area contributed by atoms with Gasteiger partial charge < -0.3 is 10.5 Å². The van der Waals surface area contributed by atoms with Gasteiger partial charge in [0.1, 0.15) is 0 Å². The van der Waals surface area contributed by atoms with Crippen LogP contribution in [0.3, 0.4) is 0 Å². The lowest BCUT2D eigenvalue weighted by Crippen LogP contribution is -2.08. The zero-order valence-electron chi connectivity index (χ0n) is 9.54. The van der Waals surface area contributed by atoms with E-state index in [9.17, 15) is 4.39 Å². The number of benzene rings is 1. The molecular formula is C12H18FNOS. The van der Waals surface area contributed by atoms with Gasteiger partial charge in [-0.25, -0.2) is 4.39 Å². The molecule has 90 valence electrons. The Bertz CT molecular complexity index is 320. The largest absolute Gasteiger partial charge is 0.489 e. The van der Waals surface area contributed by atoms with Crippen molar-refractivity contribution in [1.82, 2.24) is 0 Å². The van der Waals surface area contributed by atoms with Gasteiger partial charge in [-0.15, -0.1) is 0 Å². The van der Waals surface area contributed by atoms with Gasteiger partial charge >= 0.3 is 0 Å². The lowest BCUT2D eigenvalue weighted by atomic mass is 10.1. The van der Waals surface area contributed by atoms with Crippen molar-refractivity contribution in [3.63, 3.8) is 0 Å². The van der Waals surface area contributed by atoms with E-state index in [1.807, 2.05) is 6.07 Å². The molecule has 0 fully saturated rings. The number of ether oxygens (including phenoxy) is 1. The molecule has 0 aliphatic carbocycles. The summed E-state index contributed by atoms with van der Waals surface area (Å²) in [7, 11) is 0. The Morgan fingerprint density at radius 3 is 2.94 bits per heavy atom. The number of hydrogen-bond acceptors (Lipinski definition) is 3. The highest BCUT2D eigenvalue weighted by Gasteiger charge is 2.08. The Kier molecular flexibility index (Phi) is 6.26. The van der Waals surface area contributed by atoms with E-state index in [4.69, 9.17) is 10.5 Å². The molecule has 1 aromatic rings. The summed E-state index contributed by atoms with van der Waals surface area (Å²) >= 11 is 1.78. The first-order chi connectivity index (χ1) is 7.79. The lowest BCUT2D eigenvalue weighted by Gasteiger charge is -2.11. The second-order valence-electron chi connectivity index (χ2n) is 3.31. The molecule has 0 spiro atoms. The van der Waals surface area contributed by atoms with Gasteiger partial charge in [0.25, 0.3) is 0 Å². The standard InChI is InChI=1S/C12H18FNOS/c1-2-16-9-8-15-12-10(6-7-14)4-3-5-11(12)13/h3-5H,2,6-9,14H2,1H3. The van der Waals surface area contributed by atoms with Crippen molar-refractivity contribution in [2.45, 2.75) is 13.3 Å². The van der Waals surface area contributed by atoms with Crippen LogP contribution in [0.2, 0.25) is 0 Å². The van der Waals surface area contributed by atoms with Crippen molar-refractivity contribution in [2.24, 2.45) is 5.73 Å². The Morgan fingerprint density at radius 1 is 1.44 bits per heavy atom. The smallest absolute Gasteiger partial charge is 0.165 e. The predicted octanol–water partition coefficient (Wildman–Crippen LogP) is 2.46. The summed E-state index contributed by atoms with van der Waals surface area (Å²) in [5, 5.41) is 0. The number of thioether (sulfide) groups is 1. The molecular weight excluding hydrogens is 225 g/mol. The van der Waals surface area contributed by atoms with Gasteiger partial charge in [0, 0.05) is 5.75 Å². The third-order valence-corrected chi connectivity index (χ3v) is 3.00. The fourth-order valence-corrected chi connectivity index (χ4v) is 1.90. The van der Waals surface area contributed by atoms with Crippen LogP contribution in [-0.4, -0.2) is 24.7 Å². The maximum Gasteiger partial charge on any atom is 0.165 e. The molecule has 2 nitrogen and oxygen atoms in total. The summed E-state index contributed by atoms with van der Waals surface area (Å²) in [4.78, 5) is 0. The molecule has 0 saturated carbocycles. The first-order valence-corrected chi connectivity index (χ1v) is 6.63. The van der Waals surface area contributed by atoms with Crippen LogP contribution in [0.5, 0.6) is 5.75 Å². The van der Waals surface area contributed by atoms with Crippen molar-refractivity contribution in [2.75, 3.05) is 24.7 Å². The summed E-state index contributed by atoms with van der Waals surface area (Å²) in [5.74, 6) is 2.00. The summed E-state index contributed by atoms with van der Waals surface area (Å²) in [6, 6.07) is 4.97. The molecule has 0 atom stereocenters. The topological polar surface area (TPSA) is 35.2 Å². The summed E-state index contributed by atoms with van der Waals surface area (Å²) < 4.78 is 19.0. The van der Waals surface area contributed by atoms with Crippen LogP contribution < -0.4 is 10.5 Å². The van der Waals surface area contributed by atoms with Crippen molar-refractivity contribution in [1.29, 1.82) is 0 Å². The summed E-state index contributed by atoms with van der Waals surface area (Å²) in [6.07, 6.45) is 0.647. The first-order valence-electron chi connectivity index (χ1n) is 5.47. The zero-order valence-corrected chi connectivity index (χ0v) is 10.4. The third kappa shape index (κ3) is 4.02. The molecule has 0 aliphatic heterocycles. The molecule has 0 bridgehead atoms. The monoisotopic (exact) mass is 243 g/mol. The Labute approximate surface area is 100 Å². The fraction of sp³-hybridized carbons (Fsp3) is 0.500. The van der Waals surface area contributed by atoms with Crippen LogP contribution >= 0.6 is 11.8 Å². The SMILES string of the molecule is CCSCCOc1c(F)cccc1CCN. The van der Waals surface area contributed by atoms with Gasteiger partial charge in [-0.1, -0.05) is 19.1 Å². The molecule has 0 heterocycles. The molecule has 1 aromatic carbocycles. The van der Waals surface area contributed by atoms with E-state index in [0.29, 0.717) is 25.3 Å². The van der Waals surface area contributed by atoms with E-state index in [1.54, 1.807) is 17.8 Å². The van der Waals surface area contributed by atoms with Gasteiger partial charge in [0.2, 0.25) is 0 Å². The van der Waals surface area contributed by atoms with E-state index in [2.05, 4.69) is 6.92 Å².